The Morgan fingerprint density at radius 1 is 1.35 bits per heavy atom. The lowest BCUT2D eigenvalue weighted by molar-refractivity contribution is -0.115. The van der Waals surface area contributed by atoms with Gasteiger partial charge in [-0.25, -0.2) is 0 Å². The van der Waals surface area contributed by atoms with Gasteiger partial charge in [-0.05, 0) is 49.4 Å². The van der Waals surface area contributed by atoms with Crippen LogP contribution in [0, 0.1) is 11.8 Å². The van der Waals surface area contributed by atoms with Crippen LogP contribution in [-0.2, 0) is 4.79 Å². The van der Waals surface area contributed by atoms with E-state index in [-0.39, 0.29) is 19.1 Å². The van der Waals surface area contributed by atoms with Gasteiger partial charge in [0.1, 0.15) is 0 Å². The van der Waals surface area contributed by atoms with Crippen LogP contribution in [0.25, 0.3) is 0 Å². The summed E-state index contributed by atoms with van der Waals surface area (Å²) in [7, 11) is 0. The van der Waals surface area contributed by atoms with Crippen LogP contribution < -0.4 is 10.6 Å². The van der Waals surface area contributed by atoms with Gasteiger partial charge in [-0.3, -0.25) is 4.79 Å². The third kappa shape index (κ3) is 4.47. The Kier molecular flexibility index (Phi) is 5.83. The molecule has 110 valence electrons. The van der Waals surface area contributed by atoms with Gasteiger partial charge in [-0.2, -0.15) is 0 Å². The van der Waals surface area contributed by atoms with Crippen molar-refractivity contribution < 1.29 is 9.90 Å². The fourth-order valence-corrected chi connectivity index (χ4v) is 2.96. The minimum Gasteiger partial charge on any atom is -0.396 e. The summed E-state index contributed by atoms with van der Waals surface area (Å²) < 4.78 is 0. The number of anilines is 1. The van der Waals surface area contributed by atoms with Crippen molar-refractivity contribution in [3.8, 4) is 0 Å². The molecule has 0 radical (unpaired) electrons. The van der Waals surface area contributed by atoms with Gasteiger partial charge < -0.3 is 15.7 Å². The molecule has 2 rings (SSSR count). The highest BCUT2D eigenvalue weighted by Gasteiger charge is 2.26. The number of amides is 1. The van der Waals surface area contributed by atoms with Crippen LogP contribution in [-0.4, -0.2) is 30.7 Å². The van der Waals surface area contributed by atoms with E-state index in [0.29, 0.717) is 22.5 Å². The molecule has 2 atom stereocenters. The first-order valence-corrected chi connectivity index (χ1v) is 7.44. The number of halogens is 1. The van der Waals surface area contributed by atoms with Crippen LogP contribution in [0.15, 0.2) is 24.3 Å². The first kappa shape index (κ1) is 15.3. The number of carbonyl (C=O) groups excluding carboxylic acids is 1. The SMILES string of the molecule is O=C(CNCC1CCCC1CO)Nc1cccc(Cl)c1. The van der Waals surface area contributed by atoms with Crippen molar-refractivity contribution in [1.82, 2.24) is 5.32 Å². The molecule has 1 aliphatic carbocycles. The second-order valence-corrected chi connectivity index (χ2v) is 5.76. The van der Waals surface area contributed by atoms with E-state index in [1.165, 1.54) is 6.42 Å². The number of hydrogen-bond acceptors (Lipinski definition) is 3. The molecule has 1 aromatic rings. The van der Waals surface area contributed by atoms with Crippen LogP contribution in [0.5, 0.6) is 0 Å². The Bertz CT molecular complexity index is 453. The zero-order valence-corrected chi connectivity index (χ0v) is 12.2. The summed E-state index contributed by atoms with van der Waals surface area (Å²) in [5.41, 5.74) is 0.707. The molecule has 1 saturated carbocycles. The van der Waals surface area contributed by atoms with E-state index in [1.807, 2.05) is 6.07 Å². The lowest BCUT2D eigenvalue weighted by Crippen LogP contribution is -2.33. The van der Waals surface area contributed by atoms with E-state index in [9.17, 15) is 9.90 Å². The van der Waals surface area contributed by atoms with E-state index >= 15 is 0 Å². The minimum atomic E-state index is -0.0780. The molecule has 1 fully saturated rings. The molecule has 0 saturated heterocycles. The molecule has 5 heteroatoms. The number of benzene rings is 1. The predicted molar refractivity (Wildman–Crippen MR) is 80.9 cm³/mol. The second kappa shape index (κ2) is 7.62. The summed E-state index contributed by atoms with van der Waals surface area (Å²) in [5, 5.41) is 15.8. The smallest absolute Gasteiger partial charge is 0.238 e. The first-order chi connectivity index (χ1) is 9.69. The highest BCUT2D eigenvalue weighted by Crippen LogP contribution is 2.30. The van der Waals surface area contributed by atoms with Gasteiger partial charge in [0.25, 0.3) is 0 Å². The average Bonchev–Trinajstić information content (AvgIpc) is 2.86. The van der Waals surface area contributed by atoms with Crippen molar-refractivity contribution in [3.63, 3.8) is 0 Å². The maximum Gasteiger partial charge on any atom is 0.238 e. The topological polar surface area (TPSA) is 61.4 Å². The van der Waals surface area contributed by atoms with E-state index in [4.69, 9.17) is 11.6 Å². The third-order valence-electron chi connectivity index (χ3n) is 3.85. The molecular weight excluding hydrogens is 276 g/mol. The molecule has 0 aliphatic heterocycles. The number of aliphatic hydroxyl groups excluding tert-OH is 1. The Morgan fingerprint density at radius 3 is 2.90 bits per heavy atom. The molecule has 1 amide bonds. The monoisotopic (exact) mass is 296 g/mol. The van der Waals surface area contributed by atoms with Crippen molar-refractivity contribution in [2.75, 3.05) is 25.0 Å². The Hall–Kier alpha value is -1.10. The van der Waals surface area contributed by atoms with Crippen molar-refractivity contribution in [3.05, 3.63) is 29.3 Å². The van der Waals surface area contributed by atoms with Crippen LogP contribution in [0.3, 0.4) is 0 Å². The van der Waals surface area contributed by atoms with Crippen LogP contribution in [0.4, 0.5) is 5.69 Å². The summed E-state index contributed by atoms with van der Waals surface area (Å²) in [6.45, 7) is 1.32. The zero-order chi connectivity index (χ0) is 14.4. The molecule has 0 bridgehead atoms. The van der Waals surface area contributed by atoms with Gasteiger partial charge in [0.2, 0.25) is 5.91 Å². The van der Waals surface area contributed by atoms with Crippen molar-refractivity contribution in [2.24, 2.45) is 11.8 Å². The molecular formula is C15H21ClN2O2. The van der Waals surface area contributed by atoms with Crippen LogP contribution in [0.2, 0.25) is 5.02 Å². The zero-order valence-electron chi connectivity index (χ0n) is 11.4. The van der Waals surface area contributed by atoms with Gasteiger partial charge in [0, 0.05) is 17.3 Å². The number of aliphatic hydroxyl groups is 1. The average molecular weight is 297 g/mol. The Morgan fingerprint density at radius 2 is 2.15 bits per heavy atom. The number of hydrogen-bond donors (Lipinski definition) is 3. The van der Waals surface area contributed by atoms with Crippen molar-refractivity contribution in [1.29, 1.82) is 0 Å². The van der Waals surface area contributed by atoms with Gasteiger partial charge in [-0.15, -0.1) is 0 Å². The van der Waals surface area contributed by atoms with Crippen LogP contribution >= 0.6 is 11.6 Å². The number of rotatable bonds is 6. The highest BCUT2D eigenvalue weighted by molar-refractivity contribution is 6.30. The summed E-state index contributed by atoms with van der Waals surface area (Å²) in [6, 6.07) is 7.10. The van der Waals surface area contributed by atoms with Crippen molar-refractivity contribution >= 4 is 23.2 Å². The summed E-state index contributed by atoms with van der Waals surface area (Å²) in [4.78, 5) is 11.8. The number of nitrogens with one attached hydrogen (secondary N) is 2. The minimum absolute atomic E-state index is 0.0780. The lowest BCUT2D eigenvalue weighted by atomic mass is 9.97. The molecule has 0 aromatic heterocycles. The van der Waals surface area contributed by atoms with Gasteiger partial charge in [0.05, 0.1) is 6.54 Å². The Labute approximate surface area is 124 Å². The lowest BCUT2D eigenvalue weighted by Gasteiger charge is -2.17. The summed E-state index contributed by atoms with van der Waals surface area (Å²) in [5.74, 6) is 0.795. The fraction of sp³-hybridized carbons (Fsp3) is 0.533. The first-order valence-electron chi connectivity index (χ1n) is 7.06. The largest absolute Gasteiger partial charge is 0.396 e. The molecule has 2 unspecified atom stereocenters. The van der Waals surface area contributed by atoms with Gasteiger partial charge in [-0.1, -0.05) is 24.1 Å². The highest BCUT2D eigenvalue weighted by atomic mass is 35.5. The molecule has 0 spiro atoms. The molecule has 1 aliphatic rings. The summed E-state index contributed by atoms with van der Waals surface area (Å²) in [6.07, 6.45) is 3.40. The molecule has 20 heavy (non-hydrogen) atoms. The number of carbonyl (C=O) groups is 1. The van der Waals surface area contributed by atoms with E-state index in [1.54, 1.807) is 18.2 Å². The molecule has 0 heterocycles. The summed E-state index contributed by atoms with van der Waals surface area (Å²) >= 11 is 5.86. The van der Waals surface area contributed by atoms with E-state index < -0.39 is 0 Å². The van der Waals surface area contributed by atoms with E-state index in [0.717, 1.165) is 19.4 Å². The third-order valence-corrected chi connectivity index (χ3v) is 4.09. The second-order valence-electron chi connectivity index (χ2n) is 5.32. The normalized spacial score (nSPS) is 21.9. The fourth-order valence-electron chi connectivity index (χ4n) is 2.77. The maximum absolute atomic E-state index is 11.8. The van der Waals surface area contributed by atoms with Crippen molar-refractivity contribution in [2.45, 2.75) is 19.3 Å². The maximum atomic E-state index is 11.8. The van der Waals surface area contributed by atoms with Gasteiger partial charge in [0.15, 0.2) is 0 Å². The molecule has 1 aromatic carbocycles. The Balaban J connectivity index is 1.70. The predicted octanol–water partition coefficient (Wildman–Crippen LogP) is 2.28. The van der Waals surface area contributed by atoms with E-state index in [2.05, 4.69) is 10.6 Å². The molecule has 4 nitrogen and oxygen atoms in total. The molecule has 3 N–H and O–H groups in total. The standard InChI is InChI=1S/C15H21ClN2O2/c16-13-5-2-6-14(7-13)18-15(20)9-17-8-11-3-1-4-12(11)10-19/h2,5-7,11-12,17,19H,1,3-4,8-10H2,(H,18,20). The quantitative estimate of drug-likeness (QED) is 0.755. The van der Waals surface area contributed by atoms with Gasteiger partial charge >= 0.3 is 0 Å². The van der Waals surface area contributed by atoms with Crippen LogP contribution in [0.1, 0.15) is 19.3 Å².